The minimum absolute atomic E-state index is 0.227. The summed E-state index contributed by atoms with van der Waals surface area (Å²) in [5.74, 6) is -0.419. The van der Waals surface area contributed by atoms with Gasteiger partial charge in [0.2, 0.25) is 0 Å². The Morgan fingerprint density at radius 2 is 2.22 bits per heavy atom. The number of carbonyl (C=O) groups excluding carboxylic acids is 1. The van der Waals surface area contributed by atoms with Crippen LogP contribution in [0.2, 0.25) is 0 Å². The summed E-state index contributed by atoms with van der Waals surface area (Å²) in [5, 5.41) is 1.88. The Bertz CT molecular complexity index is 329. The minimum Gasteiger partial charge on any atom is -0.462 e. The Kier molecular flexibility index (Phi) is 7.59. The molecule has 2 N–H and O–H groups in total. The lowest BCUT2D eigenvalue weighted by Crippen LogP contribution is -2.24. The van der Waals surface area contributed by atoms with Crippen LogP contribution in [0.1, 0.15) is 17.3 Å². The molecule has 0 spiro atoms. The lowest BCUT2D eigenvalue weighted by molar-refractivity contribution is -0.146. The molecule has 102 valence electrons. The van der Waals surface area contributed by atoms with Crippen LogP contribution in [0.3, 0.4) is 0 Å². The van der Waals surface area contributed by atoms with Gasteiger partial charge in [-0.2, -0.15) is 0 Å². The average Bonchev–Trinajstić information content (AvgIpc) is 2.90. The molecule has 1 aromatic heterocycles. The van der Waals surface area contributed by atoms with E-state index in [0.717, 1.165) is 11.3 Å². The van der Waals surface area contributed by atoms with E-state index in [1.807, 2.05) is 17.5 Å². The molecular weight excluding hydrogens is 254 g/mol. The molecule has 0 aliphatic heterocycles. The number of ether oxygens (including phenoxy) is 3. The molecule has 1 atom stereocenters. The van der Waals surface area contributed by atoms with Crippen molar-refractivity contribution in [1.82, 2.24) is 0 Å². The zero-order valence-corrected chi connectivity index (χ0v) is 11.3. The third kappa shape index (κ3) is 5.59. The highest BCUT2D eigenvalue weighted by Gasteiger charge is 2.17. The number of esters is 1. The van der Waals surface area contributed by atoms with Crippen LogP contribution in [0.15, 0.2) is 17.5 Å². The first-order valence-electron chi connectivity index (χ1n) is 5.78. The lowest BCUT2D eigenvalue weighted by atomic mass is 10.2. The molecule has 0 aliphatic rings. The number of thiophene rings is 1. The molecule has 1 aromatic rings. The Hall–Kier alpha value is -0.950. The minimum atomic E-state index is -0.696. The summed E-state index contributed by atoms with van der Waals surface area (Å²) >= 11 is 1.44. The van der Waals surface area contributed by atoms with E-state index in [9.17, 15) is 4.79 Å². The van der Waals surface area contributed by atoms with Gasteiger partial charge in [-0.25, -0.2) is 4.79 Å². The Morgan fingerprint density at radius 3 is 2.89 bits per heavy atom. The second-order valence-corrected chi connectivity index (χ2v) is 4.60. The number of rotatable bonds is 9. The maximum absolute atomic E-state index is 11.6. The first-order valence-corrected chi connectivity index (χ1v) is 6.66. The quantitative estimate of drug-likeness (QED) is 0.543. The smallest absolute Gasteiger partial charge is 0.328 e. The van der Waals surface area contributed by atoms with Crippen LogP contribution in [-0.2, 0) is 19.0 Å². The van der Waals surface area contributed by atoms with E-state index >= 15 is 0 Å². The number of nitrogens with two attached hydrogens (primary N) is 1. The van der Waals surface area contributed by atoms with E-state index in [0.29, 0.717) is 19.8 Å². The lowest BCUT2D eigenvalue weighted by Gasteiger charge is -2.10. The Morgan fingerprint density at radius 1 is 1.39 bits per heavy atom. The van der Waals surface area contributed by atoms with Gasteiger partial charge < -0.3 is 19.9 Å². The van der Waals surface area contributed by atoms with Crippen LogP contribution < -0.4 is 5.73 Å². The fraction of sp³-hybridized carbons (Fsp3) is 0.583. The van der Waals surface area contributed by atoms with Crippen LogP contribution in [0.5, 0.6) is 0 Å². The fourth-order valence-electron chi connectivity index (χ4n) is 1.28. The zero-order chi connectivity index (χ0) is 13.2. The maximum Gasteiger partial charge on any atom is 0.328 e. The van der Waals surface area contributed by atoms with Gasteiger partial charge in [-0.3, -0.25) is 0 Å². The highest BCUT2D eigenvalue weighted by Crippen LogP contribution is 2.17. The predicted molar refractivity (Wildman–Crippen MR) is 69.5 cm³/mol. The molecule has 0 aromatic carbocycles. The molecule has 0 bridgehead atoms. The van der Waals surface area contributed by atoms with E-state index in [1.165, 1.54) is 11.3 Å². The zero-order valence-electron chi connectivity index (χ0n) is 10.5. The number of hydrogen-bond donors (Lipinski definition) is 1. The second kappa shape index (κ2) is 9.04. The molecule has 0 aliphatic carbocycles. The van der Waals surface area contributed by atoms with Crippen molar-refractivity contribution in [2.45, 2.75) is 12.5 Å². The average molecular weight is 273 g/mol. The van der Waals surface area contributed by atoms with Crippen molar-refractivity contribution >= 4 is 17.3 Å². The van der Waals surface area contributed by atoms with Crippen LogP contribution in [0, 0.1) is 0 Å². The maximum atomic E-state index is 11.6. The molecule has 5 nitrogen and oxygen atoms in total. The van der Waals surface area contributed by atoms with Gasteiger partial charge in [0.05, 0.1) is 6.61 Å². The van der Waals surface area contributed by atoms with E-state index in [-0.39, 0.29) is 6.61 Å². The summed E-state index contributed by atoms with van der Waals surface area (Å²) in [5.41, 5.74) is 5.74. The van der Waals surface area contributed by atoms with E-state index in [2.05, 4.69) is 0 Å². The van der Waals surface area contributed by atoms with E-state index in [1.54, 1.807) is 7.11 Å². The molecule has 0 radical (unpaired) electrons. The molecule has 0 fully saturated rings. The van der Waals surface area contributed by atoms with Crippen molar-refractivity contribution in [2.75, 3.05) is 33.5 Å². The van der Waals surface area contributed by atoms with Crippen molar-refractivity contribution in [3.8, 4) is 0 Å². The summed E-state index contributed by atoms with van der Waals surface area (Å²) in [4.78, 5) is 12.4. The first-order chi connectivity index (χ1) is 8.75. The van der Waals surface area contributed by atoms with E-state index in [4.69, 9.17) is 19.9 Å². The second-order valence-electron chi connectivity index (χ2n) is 3.62. The van der Waals surface area contributed by atoms with Crippen molar-refractivity contribution in [2.24, 2.45) is 5.73 Å². The monoisotopic (exact) mass is 273 g/mol. The van der Waals surface area contributed by atoms with Gasteiger partial charge in [0.1, 0.15) is 12.6 Å². The van der Waals surface area contributed by atoms with Gasteiger partial charge in [0.25, 0.3) is 0 Å². The number of carbonyl (C=O) groups is 1. The molecule has 0 saturated heterocycles. The summed E-state index contributed by atoms with van der Waals surface area (Å²) in [6.45, 7) is 1.88. The van der Waals surface area contributed by atoms with Crippen LogP contribution >= 0.6 is 11.3 Å². The van der Waals surface area contributed by atoms with E-state index < -0.39 is 12.0 Å². The largest absolute Gasteiger partial charge is 0.462 e. The molecule has 6 heteroatoms. The van der Waals surface area contributed by atoms with Crippen molar-refractivity contribution in [3.05, 3.63) is 22.4 Å². The highest BCUT2D eigenvalue weighted by atomic mass is 32.1. The van der Waals surface area contributed by atoms with Crippen molar-refractivity contribution < 1.29 is 19.0 Å². The molecule has 0 saturated carbocycles. The van der Waals surface area contributed by atoms with Crippen LogP contribution in [0.25, 0.3) is 0 Å². The molecule has 1 unspecified atom stereocenters. The van der Waals surface area contributed by atoms with Gasteiger partial charge in [-0.05, 0) is 17.9 Å². The predicted octanol–water partition coefficient (Wildman–Crippen LogP) is 1.34. The Labute approximate surface area is 111 Å². The molecular formula is C12H19NO4S. The number of hydrogen-bond acceptors (Lipinski definition) is 6. The highest BCUT2D eigenvalue weighted by molar-refractivity contribution is 7.10. The number of methoxy groups -OCH3 is 1. The normalized spacial score (nSPS) is 12.3. The summed E-state index contributed by atoms with van der Waals surface area (Å²) in [6.07, 6.45) is 0.832. The Balaban J connectivity index is 2.07. The molecule has 18 heavy (non-hydrogen) atoms. The van der Waals surface area contributed by atoms with Crippen molar-refractivity contribution in [3.63, 3.8) is 0 Å². The van der Waals surface area contributed by atoms with Gasteiger partial charge in [-0.15, -0.1) is 11.3 Å². The third-order valence-corrected chi connectivity index (χ3v) is 3.17. The SMILES string of the molecule is COCCCOCCOC(=O)C(N)c1cccs1. The van der Waals surface area contributed by atoms with Crippen molar-refractivity contribution in [1.29, 1.82) is 0 Å². The van der Waals surface area contributed by atoms with Gasteiger partial charge in [-0.1, -0.05) is 6.07 Å². The standard InChI is InChI=1S/C12H19NO4S/c1-15-5-3-6-16-7-8-17-12(14)11(13)10-4-2-9-18-10/h2,4,9,11H,3,5-8,13H2,1H3. The summed E-state index contributed by atoms with van der Waals surface area (Å²) in [7, 11) is 1.65. The summed E-state index contributed by atoms with van der Waals surface area (Å²) < 4.78 is 15.2. The molecule has 1 rings (SSSR count). The molecule has 1 heterocycles. The fourth-order valence-corrected chi connectivity index (χ4v) is 2.00. The third-order valence-electron chi connectivity index (χ3n) is 2.21. The topological polar surface area (TPSA) is 70.8 Å². The van der Waals surface area contributed by atoms with Gasteiger partial charge >= 0.3 is 5.97 Å². The summed E-state index contributed by atoms with van der Waals surface area (Å²) in [6, 6.07) is 2.97. The van der Waals surface area contributed by atoms with Crippen LogP contribution in [-0.4, -0.2) is 39.5 Å². The first kappa shape index (κ1) is 15.1. The van der Waals surface area contributed by atoms with Gasteiger partial charge in [0, 0.05) is 25.2 Å². The molecule has 0 amide bonds. The van der Waals surface area contributed by atoms with Crippen LogP contribution in [0.4, 0.5) is 0 Å². The van der Waals surface area contributed by atoms with Gasteiger partial charge in [0.15, 0.2) is 0 Å².